The van der Waals surface area contributed by atoms with E-state index in [1.165, 1.54) is 0 Å². The Labute approximate surface area is 121 Å². The molecule has 0 saturated carbocycles. The molecule has 0 unspecified atom stereocenters. The van der Waals surface area contributed by atoms with E-state index >= 15 is 0 Å². The van der Waals surface area contributed by atoms with Gasteiger partial charge in [-0.05, 0) is 52.2 Å². The Morgan fingerprint density at radius 3 is 1.40 bits per heavy atom. The SMILES string of the molecule is c1ccc(Oc2ccccc2Oc2ccccp2)pc1. The molecule has 0 amide bonds. The molecule has 2 nitrogen and oxygen atoms in total. The van der Waals surface area contributed by atoms with Gasteiger partial charge >= 0.3 is 0 Å². The molecule has 0 radical (unpaired) electrons. The van der Waals surface area contributed by atoms with Crippen LogP contribution in [0.25, 0.3) is 0 Å². The van der Waals surface area contributed by atoms with Crippen LogP contribution in [-0.2, 0) is 0 Å². The van der Waals surface area contributed by atoms with Crippen molar-refractivity contribution in [1.29, 1.82) is 0 Å². The van der Waals surface area contributed by atoms with Gasteiger partial charge in [-0.3, -0.25) is 0 Å². The molecule has 2 heterocycles. The average molecular weight is 298 g/mol. The lowest BCUT2D eigenvalue weighted by Gasteiger charge is -2.11. The van der Waals surface area contributed by atoms with E-state index in [1.807, 2.05) is 72.3 Å². The fourth-order valence-corrected chi connectivity index (χ4v) is 2.97. The minimum Gasteiger partial charge on any atom is -0.449 e. The minimum absolute atomic E-state index is 0.737. The van der Waals surface area contributed by atoms with E-state index in [0.29, 0.717) is 0 Å². The maximum absolute atomic E-state index is 5.91. The highest BCUT2D eigenvalue weighted by atomic mass is 31.0. The molecule has 0 bridgehead atoms. The summed E-state index contributed by atoms with van der Waals surface area (Å²) in [6, 6.07) is 19.6. The van der Waals surface area contributed by atoms with Crippen LogP contribution in [0.1, 0.15) is 0 Å². The lowest BCUT2D eigenvalue weighted by atomic mass is 10.3. The van der Waals surface area contributed by atoms with Gasteiger partial charge in [-0.25, -0.2) is 0 Å². The number of benzene rings is 1. The number of ether oxygens (including phenoxy) is 2. The smallest absolute Gasteiger partial charge is 0.170 e. The summed E-state index contributed by atoms with van der Waals surface area (Å²) in [5, 5.41) is 0. The summed E-state index contributed by atoms with van der Waals surface area (Å²) >= 11 is 0. The van der Waals surface area contributed by atoms with Crippen molar-refractivity contribution in [2.75, 3.05) is 0 Å². The Morgan fingerprint density at radius 2 is 1.00 bits per heavy atom. The third-order valence-corrected chi connectivity index (χ3v) is 4.19. The van der Waals surface area contributed by atoms with Gasteiger partial charge in [0.1, 0.15) is 0 Å². The van der Waals surface area contributed by atoms with Gasteiger partial charge < -0.3 is 9.47 Å². The predicted molar refractivity (Wildman–Crippen MR) is 84.5 cm³/mol. The Morgan fingerprint density at radius 1 is 0.550 bits per heavy atom. The topological polar surface area (TPSA) is 18.5 Å². The van der Waals surface area contributed by atoms with Gasteiger partial charge in [0.25, 0.3) is 0 Å². The molecule has 0 fully saturated rings. The second-order valence-electron chi connectivity index (χ2n) is 3.99. The van der Waals surface area contributed by atoms with Crippen LogP contribution in [0.5, 0.6) is 22.5 Å². The molecule has 1 aromatic carbocycles. The van der Waals surface area contributed by atoms with E-state index in [9.17, 15) is 0 Å². The van der Waals surface area contributed by atoms with Gasteiger partial charge in [0, 0.05) is 0 Å². The molecule has 98 valence electrons. The van der Waals surface area contributed by atoms with Gasteiger partial charge in [0.2, 0.25) is 0 Å². The summed E-state index contributed by atoms with van der Waals surface area (Å²) in [6.45, 7) is 0. The van der Waals surface area contributed by atoms with E-state index in [1.54, 1.807) is 0 Å². The molecule has 0 spiro atoms. The van der Waals surface area contributed by atoms with Gasteiger partial charge in [0.05, 0.1) is 0 Å². The summed E-state index contributed by atoms with van der Waals surface area (Å²) < 4.78 is 11.8. The Hall–Kier alpha value is -1.88. The van der Waals surface area contributed by atoms with Gasteiger partial charge in [-0.2, -0.15) is 0 Å². The highest BCUT2D eigenvalue weighted by Gasteiger charge is 2.06. The van der Waals surface area contributed by atoms with Crippen molar-refractivity contribution in [1.82, 2.24) is 0 Å². The Bertz CT molecular complexity index is 612. The zero-order chi connectivity index (χ0) is 13.6. The maximum Gasteiger partial charge on any atom is 0.170 e. The van der Waals surface area contributed by atoms with Gasteiger partial charge in [0.15, 0.2) is 22.5 Å². The van der Waals surface area contributed by atoms with E-state index < -0.39 is 0 Å². The van der Waals surface area contributed by atoms with Gasteiger partial charge in [-0.1, -0.05) is 36.4 Å². The van der Waals surface area contributed by atoms with Crippen LogP contribution in [-0.4, -0.2) is 0 Å². The predicted octanol–water partition coefficient (Wildman–Crippen LogP) is 6.43. The Kier molecular flexibility index (Phi) is 4.28. The second-order valence-corrected chi connectivity index (χ2v) is 5.98. The lowest BCUT2D eigenvalue weighted by Crippen LogP contribution is -1.87. The molecule has 0 aliphatic carbocycles. The molecule has 3 aromatic rings. The molecule has 0 aliphatic heterocycles. The molecule has 4 heteroatoms. The Balaban J connectivity index is 1.85. The number of rotatable bonds is 4. The minimum atomic E-state index is 0.737. The first-order valence-corrected chi connectivity index (χ1v) is 8.11. The normalized spacial score (nSPS) is 10.8. The fourth-order valence-electron chi connectivity index (χ4n) is 1.66. The molecular formula is C16H12O2P2. The summed E-state index contributed by atoms with van der Waals surface area (Å²) in [7, 11) is 2.11. The first kappa shape index (κ1) is 13.1. The van der Waals surface area contributed by atoms with Crippen molar-refractivity contribution in [3.05, 3.63) is 72.3 Å². The van der Waals surface area contributed by atoms with Crippen molar-refractivity contribution < 1.29 is 9.47 Å². The molecular weight excluding hydrogens is 286 g/mol. The highest BCUT2D eigenvalue weighted by Crippen LogP contribution is 2.38. The quantitative estimate of drug-likeness (QED) is 0.552. The molecule has 0 saturated heterocycles. The van der Waals surface area contributed by atoms with Crippen molar-refractivity contribution in [2.24, 2.45) is 0 Å². The highest BCUT2D eigenvalue weighted by molar-refractivity contribution is 7.31. The first-order chi connectivity index (χ1) is 9.92. The van der Waals surface area contributed by atoms with Gasteiger partial charge in [-0.15, -0.1) is 0 Å². The number of hydrogen-bond donors (Lipinski definition) is 0. The largest absolute Gasteiger partial charge is 0.449 e. The molecule has 0 N–H and O–H groups in total. The molecule has 20 heavy (non-hydrogen) atoms. The number of hydrogen-bond acceptors (Lipinski definition) is 2. The fraction of sp³-hybridized carbons (Fsp3) is 0. The summed E-state index contributed by atoms with van der Waals surface area (Å²) in [5.41, 5.74) is 1.79. The average Bonchev–Trinajstić information content (AvgIpc) is 2.51. The first-order valence-electron chi connectivity index (χ1n) is 6.18. The second kappa shape index (κ2) is 6.52. The molecule has 0 atom stereocenters. The molecule has 0 aliphatic rings. The molecule has 3 rings (SSSR count). The van der Waals surface area contributed by atoms with Crippen LogP contribution < -0.4 is 9.47 Å². The van der Waals surface area contributed by atoms with Crippen LogP contribution in [0, 0.1) is 0 Å². The van der Waals surface area contributed by atoms with Crippen LogP contribution in [0.2, 0.25) is 0 Å². The summed E-state index contributed by atoms with van der Waals surface area (Å²) in [4.78, 5) is 0. The van der Waals surface area contributed by atoms with E-state index in [0.717, 1.165) is 38.8 Å². The van der Waals surface area contributed by atoms with Crippen LogP contribution in [0.3, 0.4) is 0 Å². The number of para-hydroxylation sites is 2. The maximum atomic E-state index is 5.91. The van der Waals surface area contributed by atoms with E-state index in [4.69, 9.17) is 9.47 Å². The summed E-state index contributed by atoms with van der Waals surface area (Å²) in [5.74, 6) is 5.56. The van der Waals surface area contributed by atoms with Crippen LogP contribution in [0.4, 0.5) is 0 Å². The zero-order valence-corrected chi connectivity index (χ0v) is 12.4. The van der Waals surface area contributed by atoms with Crippen LogP contribution in [0.15, 0.2) is 72.3 Å². The summed E-state index contributed by atoms with van der Waals surface area (Å²) in [6.07, 6.45) is 0. The third kappa shape index (κ3) is 3.36. The van der Waals surface area contributed by atoms with Crippen molar-refractivity contribution in [3.63, 3.8) is 0 Å². The standard InChI is InChI=1S/C16H12O2P2/c1-2-8-14(18-16-10-4-6-12-20-16)13(7-1)17-15-9-3-5-11-19-15/h1-12H. The lowest BCUT2D eigenvalue weighted by molar-refractivity contribution is 0.431. The van der Waals surface area contributed by atoms with Crippen molar-refractivity contribution in [3.8, 4) is 22.5 Å². The van der Waals surface area contributed by atoms with Crippen molar-refractivity contribution in [2.45, 2.75) is 0 Å². The van der Waals surface area contributed by atoms with E-state index in [-0.39, 0.29) is 0 Å². The van der Waals surface area contributed by atoms with Crippen molar-refractivity contribution >= 4 is 16.4 Å². The zero-order valence-electron chi connectivity index (χ0n) is 10.6. The van der Waals surface area contributed by atoms with Crippen LogP contribution >= 0.6 is 16.4 Å². The monoisotopic (exact) mass is 298 g/mol. The molecule has 2 aromatic heterocycles. The van der Waals surface area contributed by atoms with E-state index in [2.05, 4.69) is 0 Å². The third-order valence-electron chi connectivity index (χ3n) is 2.55.